The summed E-state index contributed by atoms with van der Waals surface area (Å²) in [4.78, 5) is 16.5. The van der Waals surface area contributed by atoms with Crippen LogP contribution in [-0.2, 0) is 17.6 Å². The van der Waals surface area contributed by atoms with Crippen LogP contribution in [0.4, 0.5) is 0 Å². The third kappa shape index (κ3) is 7.68. The summed E-state index contributed by atoms with van der Waals surface area (Å²) in [6, 6.07) is 15.4. The molecule has 0 radical (unpaired) electrons. The van der Waals surface area contributed by atoms with E-state index in [-0.39, 0.29) is 5.91 Å². The first-order valence-corrected chi connectivity index (χ1v) is 11.4. The lowest BCUT2D eigenvalue weighted by Gasteiger charge is -2.06. The largest absolute Gasteiger partial charge is 0.497 e. The summed E-state index contributed by atoms with van der Waals surface area (Å²) < 4.78 is 15.5. The Balaban J connectivity index is 1.47. The minimum absolute atomic E-state index is 0.0523. The van der Waals surface area contributed by atoms with Gasteiger partial charge in [-0.3, -0.25) is 4.79 Å². The highest BCUT2D eigenvalue weighted by molar-refractivity contribution is 7.07. The molecule has 0 saturated carbocycles. The molecule has 6 nitrogen and oxygen atoms in total. The number of nitrogens with one attached hydrogen (secondary N) is 1. The van der Waals surface area contributed by atoms with Gasteiger partial charge in [0.25, 0.3) is 5.19 Å². The summed E-state index contributed by atoms with van der Waals surface area (Å²) in [7, 11) is 1.65. The molecule has 1 aromatic heterocycles. The zero-order valence-electron chi connectivity index (χ0n) is 18.1. The highest BCUT2D eigenvalue weighted by Crippen LogP contribution is 2.25. The molecule has 1 amide bonds. The van der Waals surface area contributed by atoms with E-state index in [1.165, 1.54) is 24.4 Å². The summed E-state index contributed by atoms with van der Waals surface area (Å²) in [6.07, 6.45) is 5.60. The SMILES string of the molecule is CCCCCCNC(=O)Cc1ccc(Oc2nc(Cc3cccc(OC)c3)ns2)cc1. The van der Waals surface area contributed by atoms with Crippen molar-refractivity contribution in [2.45, 2.75) is 45.4 Å². The van der Waals surface area contributed by atoms with E-state index in [1.807, 2.05) is 48.5 Å². The molecule has 0 bridgehead atoms. The molecule has 31 heavy (non-hydrogen) atoms. The van der Waals surface area contributed by atoms with Gasteiger partial charge in [0.05, 0.1) is 13.5 Å². The number of rotatable bonds is 12. The molecule has 2 aromatic carbocycles. The predicted octanol–water partition coefficient (Wildman–Crippen LogP) is 5.17. The van der Waals surface area contributed by atoms with Gasteiger partial charge in [0, 0.05) is 24.5 Å². The Morgan fingerprint density at radius 2 is 1.87 bits per heavy atom. The van der Waals surface area contributed by atoms with Gasteiger partial charge in [0.2, 0.25) is 5.91 Å². The number of benzene rings is 2. The number of ether oxygens (including phenoxy) is 2. The maximum atomic E-state index is 12.0. The Labute approximate surface area is 187 Å². The van der Waals surface area contributed by atoms with Crippen molar-refractivity contribution >= 4 is 17.4 Å². The molecule has 0 aliphatic carbocycles. The summed E-state index contributed by atoms with van der Waals surface area (Å²) in [5.41, 5.74) is 2.03. The lowest BCUT2D eigenvalue weighted by atomic mass is 10.1. The van der Waals surface area contributed by atoms with Gasteiger partial charge in [-0.25, -0.2) is 0 Å². The van der Waals surface area contributed by atoms with Crippen LogP contribution >= 0.6 is 11.5 Å². The highest BCUT2D eigenvalue weighted by Gasteiger charge is 2.09. The van der Waals surface area contributed by atoms with Gasteiger partial charge >= 0.3 is 0 Å². The number of methoxy groups -OCH3 is 1. The Morgan fingerprint density at radius 1 is 1.03 bits per heavy atom. The molecule has 3 aromatic rings. The Kier molecular flexibility index (Phi) is 8.84. The van der Waals surface area contributed by atoms with Crippen molar-refractivity contribution in [3.8, 4) is 16.7 Å². The maximum absolute atomic E-state index is 12.0. The number of unbranched alkanes of at least 4 members (excludes halogenated alkanes) is 3. The highest BCUT2D eigenvalue weighted by atomic mass is 32.1. The van der Waals surface area contributed by atoms with Crippen LogP contribution in [0.15, 0.2) is 48.5 Å². The second-order valence-corrected chi connectivity index (χ2v) is 8.05. The van der Waals surface area contributed by atoms with E-state index >= 15 is 0 Å². The van der Waals surface area contributed by atoms with Gasteiger partial charge in [0.15, 0.2) is 5.82 Å². The van der Waals surface area contributed by atoms with Gasteiger partial charge in [0.1, 0.15) is 11.5 Å². The molecular weight excluding hydrogens is 410 g/mol. The fourth-order valence-corrected chi connectivity index (χ4v) is 3.69. The maximum Gasteiger partial charge on any atom is 0.298 e. The number of aromatic nitrogens is 2. The second-order valence-electron chi connectivity index (χ2n) is 7.34. The molecule has 7 heteroatoms. The van der Waals surface area contributed by atoms with Gasteiger partial charge < -0.3 is 14.8 Å². The average Bonchev–Trinajstić information content (AvgIpc) is 3.21. The summed E-state index contributed by atoms with van der Waals surface area (Å²) in [5, 5.41) is 3.48. The molecule has 0 spiro atoms. The zero-order chi connectivity index (χ0) is 21.9. The predicted molar refractivity (Wildman–Crippen MR) is 123 cm³/mol. The van der Waals surface area contributed by atoms with E-state index < -0.39 is 0 Å². The molecule has 1 heterocycles. The number of hydrogen-bond donors (Lipinski definition) is 1. The number of carbonyl (C=O) groups excluding carboxylic acids is 1. The van der Waals surface area contributed by atoms with E-state index in [0.717, 1.165) is 36.3 Å². The standard InChI is InChI=1S/C24H29N3O3S/c1-3-4-5-6-14-25-23(28)17-18-10-12-20(13-11-18)30-24-26-22(27-31-24)16-19-8-7-9-21(15-19)29-2/h7-13,15H,3-6,14,16-17H2,1-2H3,(H,25,28). The van der Waals surface area contributed by atoms with E-state index in [2.05, 4.69) is 21.6 Å². The number of amides is 1. The third-order valence-corrected chi connectivity index (χ3v) is 5.42. The van der Waals surface area contributed by atoms with Crippen molar-refractivity contribution in [2.75, 3.05) is 13.7 Å². The third-order valence-electron chi connectivity index (χ3n) is 4.79. The van der Waals surface area contributed by atoms with Crippen LogP contribution in [0.2, 0.25) is 0 Å². The molecule has 0 aliphatic rings. The number of nitrogens with zero attached hydrogens (tertiary/aromatic N) is 2. The van der Waals surface area contributed by atoms with E-state index in [9.17, 15) is 4.79 Å². The minimum Gasteiger partial charge on any atom is -0.497 e. The van der Waals surface area contributed by atoms with Gasteiger partial charge in [-0.2, -0.15) is 9.36 Å². The molecule has 0 fully saturated rings. The van der Waals surface area contributed by atoms with Gasteiger partial charge in [-0.1, -0.05) is 50.5 Å². The first-order valence-electron chi connectivity index (χ1n) is 10.6. The van der Waals surface area contributed by atoms with Crippen LogP contribution in [0.3, 0.4) is 0 Å². The molecule has 3 rings (SSSR count). The first kappa shape index (κ1) is 22.7. The van der Waals surface area contributed by atoms with E-state index in [1.54, 1.807) is 7.11 Å². The smallest absolute Gasteiger partial charge is 0.298 e. The van der Waals surface area contributed by atoms with Crippen LogP contribution in [0.25, 0.3) is 0 Å². The average molecular weight is 440 g/mol. The van der Waals surface area contributed by atoms with Crippen LogP contribution in [0.1, 0.15) is 49.6 Å². The second kappa shape index (κ2) is 12.1. The Hall–Kier alpha value is -2.93. The molecule has 0 aliphatic heterocycles. The molecular formula is C24H29N3O3S. The van der Waals surface area contributed by atoms with Crippen molar-refractivity contribution in [3.05, 3.63) is 65.5 Å². The zero-order valence-corrected chi connectivity index (χ0v) is 18.9. The van der Waals surface area contributed by atoms with Crippen molar-refractivity contribution in [1.29, 1.82) is 0 Å². The van der Waals surface area contributed by atoms with Crippen LogP contribution in [0.5, 0.6) is 16.7 Å². The van der Waals surface area contributed by atoms with Crippen molar-refractivity contribution in [3.63, 3.8) is 0 Å². The Bertz CT molecular complexity index is 957. The van der Waals surface area contributed by atoms with E-state index in [4.69, 9.17) is 9.47 Å². The van der Waals surface area contributed by atoms with Crippen molar-refractivity contribution < 1.29 is 14.3 Å². The van der Waals surface area contributed by atoms with Gasteiger partial charge in [-0.15, -0.1) is 0 Å². The molecule has 0 atom stereocenters. The van der Waals surface area contributed by atoms with Crippen LogP contribution < -0.4 is 14.8 Å². The normalized spacial score (nSPS) is 10.6. The quantitative estimate of drug-likeness (QED) is 0.394. The van der Waals surface area contributed by atoms with Crippen LogP contribution in [0, 0.1) is 0 Å². The molecule has 0 saturated heterocycles. The summed E-state index contributed by atoms with van der Waals surface area (Å²) >= 11 is 1.22. The molecule has 0 unspecified atom stereocenters. The summed E-state index contributed by atoms with van der Waals surface area (Å²) in [5.74, 6) is 2.25. The number of carbonyl (C=O) groups is 1. The Morgan fingerprint density at radius 3 is 2.65 bits per heavy atom. The van der Waals surface area contributed by atoms with Crippen molar-refractivity contribution in [2.24, 2.45) is 0 Å². The monoisotopic (exact) mass is 439 g/mol. The van der Waals surface area contributed by atoms with Gasteiger partial charge in [-0.05, 0) is 41.8 Å². The summed E-state index contributed by atoms with van der Waals surface area (Å²) in [6.45, 7) is 2.92. The lowest BCUT2D eigenvalue weighted by Crippen LogP contribution is -2.26. The minimum atomic E-state index is 0.0523. The molecule has 164 valence electrons. The topological polar surface area (TPSA) is 73.3 Å². The fraction of sp³-hybridized carbons (Fsp3) is 0.375. The lowest BCUT2D eigenvalue weighted by molar-refractivity contribution is -0.120. The van der Waals surface area contributed by atoms with E-state index in [0.29, 0.717) is 29.6 Å². The number of hydrogen-bond acceptors (Lipinski definition) is 6. The fourth-order valence-electron chi connectivity index (χ4n) is 3.12. The van der Waals surface area contributed by atoms with Crippen molar-refractivity contribution in [1.82, 2.24) is 14.7 Å². The van der Waals surface area contributed by atoms with Crippen LogP contribution in [-0.4, -0.2) is 28.9 Å². The molecule has 1 N–H and O–H groups in total. The first-order chi connectivity index (χ1) is 15.2.